The molecule has 0 aliphatic carbocycles. The van der Waals surface area contributed by atoms with Gasteiger partial charge in [-0.3, -0.25) is 9.59 Å². The molecular weight excluding hydrogens is 558 g/mol. The molecule has 8 nitrogen and oxygen atoms in total. The summed E-state index contributed by atoms with van der Waals surface area (Å²) in [6, 6.07) is 28.3. The summed E-state index contributed by atoms with van der Waals surface area (Å²) in [5.74, 6) is -0.0716. The maximum absolute atomic E-state index is 12.6. The molecule has 0 unspecified atom stereocenters. The van der Waals surface area contributed by atoms with Crippen molar-refractivity contribution >= 4 is 45.9 Å². The first kappa shape index (κ1) is 29.2. The Balaban J connectivity index is 1.11. The summed E-state index contributed by atoms with van der Waals surface area (Å²) in [5, 5.41) is 13.0. The number of anilines is 3. The van der Waals surface area contributed by atoms with Gasteiger partial charge in [0.15, 0.2) is 11.7 Å². The maximum atomic E-state index is 12.6. The molecule has 0 bridgehead atoms. The molecule has 0 spiro atoms. The van der Waals surface area contributed by atoms with Crippen molar-refractivity contribution in [3.63, 3.8) is 0 Å². The van der Waals surface area contributed by atoms with Crippen LogP contribution in [0.3, 0.4) is 0 Å². The van der Waals surface area contributed by atoms with Crippen molar-refractivity contribution in [1.82, 2.24) is 10.4 Å². The monoisotopic (exact) mass is 589 g/mol. The van der Waals surface area contributed by atoms with Gasteiger partial charge in [0, 0.05) is 27.9 Å². The molecule has 5 aromatic rings. The molecule has 3 N–H and O–H groups in total. The van der Waals surface area contributed by atoms with Crippen molar-refractivity contribution in [2.75, 3.05) is 17.2 Å². The molecule has 2 amide bonds. The summed E-state index contributed by atoms with van der Waals surface area (Å²) >= 11 is 1.52. The van der Waals surface area contributed by atoms with Crippen molar-refractivity contribution in [1.29, 1.82) is 0 Å². The molecule has 43 heavy (non-hydrogen) atoms. The van der Waals surface area contributed by atoms with Gasteiger partial charge in [0.05, 0.1) is 11.9 Å². The van der Waals surface area contributed by atoms with Gasteiger partial charge < -0.3 is 15.4 Å². The molecule has 5 rings (SSSR count). The van der Waals surface area contributed by atoms with Crippen LogP contribution in [0.5, 0.6) is 5.75 Å². The second kappa shape index (κ2) is 13.6. The second-order valence-electron chi connectivity index (χ2n) is 10.0. The van der Waals surface area contributed by atoms with Crippen molar-refractivity contribution in [3.8, 4) is 17.0 Å². The summed E-state index contributed by atoms with van der Waals surface area (Å²) < 4.78 is 5.65. The number of aryl methyl sites for hydroxylation is 3. The van der Waals surface area contributed by atoms with Crippen LogP contribution in [0, 0.1) is 20.8 Å². The van der Waals surface area contributed by atoms with Crippen LogP contribution in [0.1, 0.15) is 32.6 Å². The standard InChI is InChI=1S/C34H31N5O3S/c1-22-7-14-28(15-8-22)36-34-38-31(21-43-34)26-10-12-27(13-11-26)33(41)39-35-19-25-5-4-6-29(18-25)42-20-32(40)37-30-16-9-23(2)17-24(30)3/h4-19,21H,20H2,1-3H3,(H,36,38)(H,37,40)(H,39,41)/b35-19+. The highest BCUT2D eigenvalue weighted by atomic mass is 32.1. The molecule has 0 atom stereocenters. The van der Waals surface area contributed by atoms with Crippen LogP contribution in [0.25, 0.3) is 11.3 Å². The molecule has 216 valence electrons. The van der Waals surface area contributed by atoms with Gasteiger partial charge in [0.2, 0.25) is 0 Å². The summed E-state index contributed by atoms with van der Waals surface area (Å²) in [4.78, 5) is 29.6. The lowest BCUT2D eigenvalue weighted by Gasteiger charge is -2.10. The Morgan fingerprint density at radius 3 is 2.44 bits per heavy atom. The molecule has 0 aliphatic rings. The summed E-state index contributed by atoms with van der Waals surface area (Å²) in [6.07, 6.45) is 1.52. The van der Waals surface area contributed by atoms with Gasteiger partial charge >= 0.3 is 0 Å². The predicted octanol–water partition coefficient (Wildman–Crippen LogP) is 7.26. The smallest absolute Gasteiger partial charge is 0.271 e. The largest absolute Gasteiger partial charge is 0.484 e. The predicted molar refractivity (Wildman–Crippen MR) is 174 cm³/mol. The quantitative estimate of drug-likeness (QED) is 0.117. The van der Waals surface area contributed by atoms with E-state index in [9.17, 15) is 9.59 Å². The molecular formula is C34H31N5O3S. The Bertz CT molecular complexity index is 1760. The van der Waals surface area contributed by atoms with E-state index >= 15 is 0 Å². The van der Waals surface area contributed by atoms with E-state index in [1.165, 1.54) is 23.1 Å². The van der Waals surface area contributed by atoms with Crippen LogP contribution in [0.15, 0.2) is 101 Å². The van der Waals surface area contributed by atoms with Gasteiger partial charge in [0.25, 0.3) is 11.8 Å². The van der Waals surface area contributed by atoms with Crippen LogP contribution in [-0.4, -0.2) is 29.6 Å². The molecule has 0 saturated heterocycles. The Morgan fingerprint density at radius 1 is 0.907 bits per heavy atom. The minimum Gasteiger partial charge on any atom is -0.484 e. The number of thiazole rings is 1. The Labute approximate surface area is 254 Å². The molecule has 0 aliphatic heterocycles. The fourth-order valence-corrected chi connectivity index (χ4v) is 4.96. The molecule has 0 saturated carbocycles. The lowest BCUT2D eigenvalue weighted by atomic mass is 10.1. The van der Waals surface area contributed by atoms with E-state index in [2.05, 4.69) is 33.1 Å². The van der Waals surface area contributed by atoms with Gasteiger partial charge in [-0.25, -0.2) is 10.4 Å². The first-order valence-corrected chi connectivity index (χ1v) is 14.5. The number of amides is 2. The number of benzene rings is 4. The van der Waals surface area contributed by atoms with Crippen molar-refractivity contribution in [2.24, 2.45) is 5.10 Å². The Hall–Kier alpha value is -5.28. The van der Waals surface area contributed by atoms with Crippen LogP contribution in [-0.2, 0) is 4.79 Å². The normalized spacial score (nSPS) is 10.9. The molecule has 0 fully saturated rings. The zero-order chi connectivity index (χ0) is 30.2. The molecule has 0 radical (unpaired) electrons. The number of rotatable bonds is 10. The number of hydrogen-bond acceptors (Lipinski definition) is 7. The number of ether oxygens (including phenoxy) is 1. The van der Waals surface area contributed by atoms with Crippen molar-refractivity contribution in [2.45, 2.75) is 20.8 Å². The zero-order valence-corrected chi connectivity index (χ0v) is 24.9. The van der Waals surface area contributed by atoms with Gasteiger partial charge in [0.1, 0.15) is 5.75 Å². The van der Waals surface area contributed by atoms with E-state index in [-0.39, 0.29) is 18.4 Å². The minimum atomic E-state index is -0.335. The van der Waals surface area contributed by atoms with Crippen LogP contribution in [0.4, 0.5) is 16.5 Å². The molecule has 1 aromatic heterocycles. The van der Waals surface area contributed by atoms with E-state index < -0.39 is 0 Å². The van der Waals surface area contributed by atoms with Crippen LogP contribution >= 0.6 is 11.3 Å². The number of nitrogens with zero attached hydrogens (tertiary/aromatic N) is 2. The summed E-state index contributed by atoms with van der Waals surface area (Å²) in [7, 11) is 0. The lowest BCUT2D eigenvalue weighted by molar-refractivity contribution is -0.118. The zero-order valence-electron chi connectivity index (χ0n) is 24.0. The highest BCUT2D eigenvalue weighted by molar-refractivity contribution is 7.14. The van der Waals surface area contributed by atoms with Gasteiger partial charge in [-0.1, -0.05) is 59.7 Å². The number of carbonyl (C=O) groups excluding carboxylic acids is 2. The van der Waals surface area contributed by atoms with Crippen molar-refractivity contribution < 1.29 is 14.3 Å². The third kappa shape index (κ3) is 8.15. The van der Waals surface area contributed by atoms with Gasteiger partial charge in [-0.2, -0.15) is 5.10 Å². The fourth-order valence-electron chi connectivity index (χ4n) is 4.22. The molecule has 4 aromatic carbocycles. The lowest BCUT2D eigenvalue weighted by Crippen LogP contribution is -2.20. The topological polar surface area (TPSA) is 105 Å². The van der Waals surface area contributed by atoms with E-state index in [0.29, 0.717) is 16.9 Å². The fraction of sp³-hybridized carbons (Fsp3) is 0.118. The number of nitrogens with one attached hydrogen (secondary N) is 3. The van der Waals surface area contributed by atoms with Crippen LogP contribution < -0.4 is 20.8 Å². The Morgan fingerprint density at radius 2 is 1.67 bits per heavy atom. The maximum Gasteiger partial charge on any atom is 0.271 e. The molecule has 1 heterocycles. The van der Waals surface area contributed by atoms with Crippen molar-refractivity contribution in [3.05, 3.63) is 124 Å². The minimum absolute atomic E-state index is 0.133. The van der Waals surface area contributed by atoms with Gasteiger partial charge in [-0.15, -0.1) is 11.3 Å². The van der Waals surface area contributed by atoms with E-state index in [1.54, 1.807) is 30.3 Å². The second-order valence-corrected chi connectivity index (χ2v) is 10.9. The highest BCUT2D eigenvalue weighted by Gasteiger charge is 2.09. The Kier molecular flexibility index (Phi) is 9.23. The number of carbonyl (C=O) groups is 2. The van der Waals surface area contributed by atoms with E-state index in [0.717, 1.165) is 38.9 Å². The van der Waals surface area contributed by atoms with E-state index in [1.807, 2.05) is 79.9 Å². The van der Waals surface area contributed by atoms with E-state index in [4.69, 9.17) is 4.74 Å². The van der Waals surface area contributed by atoms with Crippen LogP contribution in [0.2, 0.25) is 0 Å². The summed E-state index contributed by atoms with van der Waals surface area (Å²) in [5.41, 5.74) is 10.5. The number of hydrogen-bond donors (Lipinski definition) is 3. The first-order chi connectivity index (χ1) is 20.8. The molecule has 9 heteroatoms. The average molecular weight is 590 g/mol. The third-order valence-corrected chi connectivity index (χ3v) is 7.27. The highest BCUT2D eigenvalue weighted by Crippen LogP contribution is 2.27. The van der Waals surface area contributed by atoms with Gasteiger partial charge in [-0.05, 0) is 74.4 Å². The number of aromatic nitrogens is 1. The SMILES string of the molecule is Cc1ccc(Nc2nc(-c3ccc(C(=O)N/N=C/c4cccc(OCC(=O)Nc5ccc(C)cc5C)c4)cc3)cs2)cc1. The third-order valence-electron chi connectivity index (χ3n) is 6.51. The summed E-state index contributed by atoms with van der Waals surface area (Å²) in [6.45, 7) is 5.87. The number of hydrazone groups is 1. The first-order valence-electron chi connectivity index (χ1n) is 13.7. The average Bonchev–Trinajstić information content (AvgIpc) is 3.47.